The number of fused-ring (bicyclic) bond motifs is 1. The Morgan fingerprint density at radius 1 is 1.50 bits per heavy atom. The van der Waals surface area contributed by atoms with Crippen LogP contribution in [0, 0.1) is 11.3 Å². The molecule has 0 aliphatic heterocycles. The van der Waals surface area contributed by atoms with Crippen LogP contribution in [0.25, 0.3) is 10.9 Å². The molecule has 2 rings (SSSR count). The number of nitrogens with one attached hydrogen (secondary N) is 1. The highest BCUT2D eigenvalue weighted by molar-refractivity contribution is 6.20. The van der Waals surface area contributed by atoms with Gasteiger partial charge in [0.1, 0.15) is 0 Å². The van der Waals surface area contributed by atoms with Gasteiger partial charge in [-0.15, -0.1) is 11.6 Å². The molecule has 0 bridgehead atoms. The molecule has 16 heavy (non-hydrogen) atoms. The minimum absolute atomic E-state index is 0.0380. The number of alkyl halides is 1. The van der Waals surface area contributed by atoms with E-state index < -0.39 is 0 Å². The van der Waals surface area contributed by atoms with Gasteiger partial charge in [-0.3, -0.25) is 4.79 Å². The third-order valence-electron chi connectivity index (χ3n) is 2.45. The van der Waals surface area contributed by atoms with Gasteiger partial charge < -0.3 is 4.98 Å². The maximum absolute atomic E-state index is 11.8. The van der Waals surface area contributed by atoms with Crippen LogP contribution in [0.3, 0.4) is 0 Å². The summed E-state index contributed by atoms with van der Waals surface area (Å²) in [7, 11) is 0. The third kappa shape index (κ3) is 1.68. The second-order valence-corrected chi connectivity index (χ2v) is 3.78. The Labute approximate surface area is 97.6 Å². The van der Waals surface area contributed by atoms with Crippen molar-refractivity contribution in [2.75, 3.05) is 5.88 Å². The van der Waals surface area contributed by atoms with Crippen molar-refractivity contribution in [2.45, 2.75) is 6.42 Å². The fourth-order valence-corrected chi connectivity index (χ4v) is 1.89. The summed E-state index contributed by atoms with van der Waals surface area (Å²) >= 11 is 5.54. The molecule has 0 aliphatic carbocycles. The van der Waals surface area contributed by atoms with Gasteiger partial charge in [0.15, 0.2) is 5.78 Å². The van der Waals surface area contributed by atoms with Gasteiger partial charge in [0.25, 0.3) is 0 Å². The molecule has 1 heterocycles. The number of carbonyl (C=O) groups is 1. The molecule has 0 amide bonds. The van der Waals surface area contributed by atoms with E-state index in [0.29, 0.717) is 22.4 Å². The highest BCUT2D eigenvalue weighted by Gasteiger charge is 2.14. The van der Waals surface area contributed by atoms with E-state index in [1.54, 1.807) is 18.3 Å². The van der Waals surface area contributed by atoms with Crippen molar-refractivity contribution >= 4 is 28.3 Å². The van der Waals surface area contributed by atoms with Gasteiger partial charge in [0, 0.05) is 35.0 Å². The maximum atomic E-state index is 11.8. The number of aromatic amines is 1. The minimum Gasteiger partial charge on any atom is -0.360 e. The van der Waals surface area contributed by atoms with E-state index in [-0.39, 0.29) is 12.2 Å². The number of halogens is 1. The Hall–Kier alpha value is -1.79. The lowest BCUT2D eigenvalue weighted by molar-refractivity contribution is 0.0991. The minimum atomic E-state index is -0.0380. The van der Waals surface area contributed by atoms with Crippen LogP contribution >= 0.6 is 11.6 Å². The summed E-state index contributed by atoms with van der Waals surface area (Å²) in [5.74, 6) is 0.254. The molecule has 80 valence electrons. The lowest BCUT2D eigenvalue weighted by Crippen LogP contribution is -1.99. The first-order chi connectivity index (χ1) is 7.77. The molecule has 0 saturated heterocycles. The predicted molar refractivity (Wildman–Crippen MR) is 62.7 cm³/mol. The Kier molecular flexibility index (Phi) is 2.93. The Morgan fingerprint density at radius 3 is 3.00 bits per heavy atom. The largest absolute Gasteiger partial charge is 0.360 e. The lowest BCUT2D eigenvalue weighted by Gasteiger charge is -1.98. The zero-order valence-electron chi connectivity index (χ0n) is 8.46. The van der Waals surface area contributed by atoms with E-state index in [1.807, 2.05) is 6.07 Å². The molecule has 1 N–H and O–H groups in total. The van der Waals surface area contributed by atoms with Gasteiger partial charge in [-0.2, -0.15) is 5.26 Å². The zero-order chi connectivity index (χ0) is 11.5. The molecule has 3 nitrogen and oxygen atoms in total. The van der Waals surface area contributed by atoms with E-state index in [1.165, 1.54) is 0 Å². The van der Waals surface area contributed by atoms with Crippen molar-refractivity contribution in [2.24, 2.45) is 0 Å². The SMILES string of the molecule is N#Cc1cccc2[nH]cc(C(=O)CCCl)c12. The standard InChI is InChI=1S/C12H9ClN2O/c13-5-4-11(16)9-7-15-10-3-1-2-8(6-14)12(9)10/h1-3,7,15H,4-5H2. The molecule has 0 saturated carbocycles. The Bertz CT molecular complexity index is 580. The number of nitrogens with zero attached hydrogens (tertiary/aromatic N) is 1. The summed E-state index contributed by atoms with van der Waals surface area (Å²) in [6.45, 7) is 0. The highest BCUT2D eigenvalue weighted by atomic mass is 35.5. The molecule has 0 fully saturated rings. The van der Waals surface area contributed by atoms with Crippen LogP contribution in [0.2, 0.25) is 0 Å². The molecule has 0 unspecified atom stereocenters. The van der Waals surface area contributed by atoms with Gasteiger partial charge in [-0.1, -0.05) is 6.07 Å². The average Bonchev–Trinajstić information content (AvgIpc) is 2.72. The third-order valence-corrected chi connectivity index (χ3v) is 2.64. The van der Waals surface area contributed by atoms with Crippen molar-refractivity contribution in [1.82, 2.24) is 4.98 Å². The van der Waals surface area contributed by atoms with Crippen LogP contribution in [-0.4, -0.2) is 16.6 Å². The van der Waals surface area contributed by atoms with Gasteiger partial charge in [0.2, 0.25) is 0 Å². The summed E-state index contributed by atoms with van der Waals surface area (Å²) in [5.41, 5.74) is 1.86. The smallest absolute Gasteiger partial charge is 0.166 e. The number of carbonyl (C=O) groups excluding carboxylic acids is 1. The molecular weight excluding hydrogens is 224 g/mol. The quantitative estimate of drug-likeness (QED) is 0.654. The zero-order valence-corrected chi connectivity index (χ0v) is 9.21. The number of aromatic nitrogens is 1. The fraction of sp³-hybridized carbons (Fsp3) is 0.167. The molecule has 0 spiro atoms. The number of hydrogen-bond donors (Lipinski definition) is 1. The number of benzene rings is 1. The van der Waals surface area contributed by atoms with Crippen molar-refractivity contribution < 1.29 is 4.79 Å². The van der Waals surface area contributed by atoms with Crippen molar-refractivity contribution in [3.8, 4) is 6.07 Å². The maximum Gasteiger partial charge on any atom is 0.166 e. The van der Waals surface area contributed by atoms with Gasteiger partial charge in [-0.05, 0) is 12.1 Å². The van der Waals surface area contributed by atoms with Crippen molar-refractivity contribution in [1.29, 1.82) is 5.26 Å². The average molecular weight is 233 g/mol. The summed E-state index contributed by atoms with van der Waals surface area (Å²) in [6.07, 6.45) is 1.93. The molecular formula is C12H9ClN2O. The Morgan fingerprint density at radius 2 is 2.31 bits per heavy atom. The van der Waals surface area contributed by atoms with Gasteiger partial charge in [-0.25, -0.2) is 0 Å². The monoisotopic (exact) mass is 232 g/mol. The van der Waals surface area contributed by atoms with Gasteiger partial charge in [0.05, 0.1) is 11.6 Å². The fourth-order valence-electron chi connectivity index (χ4n) is 1.72. The summed E-state index contributed by atoms with van der Waals surface area (Å²) in [6, 6.07) is 7.42. The van der Waals surface area contributed by atoms with Crippen LogP contribution in [0.15, 0.2) is 24.4 Å². The molecule has 4 heteroatoms. The number of Topliss-reactive ketones (excluding diaryl/α,β-unsaturated/α-hetero) is 1. The number of H-pyrrole nitrogens is 1. The predicted octanol–water partition coefficient (Wildman–Crippen LogP) is 2.85. The molecule has 1 aromatic carbocycles. The molecule has 2 aromatic rings. The van der Waals surface area contributed by atoms with Gasteiger partial charge >= 0.3 is 0 Å². The number of rotatable bonds is 3. The van der Waals surface area contributed by atoms with Crippen LogP contribution in [0.5, 0.6) is 0 Å². The highest BCUT2D eigenvalue weighted by Crippen LogP contribution is 2.23. The normalized spacial score (nSPS) is 10.2. The first-order valence-electron chi connectivity index (χ1n) is 4.87. The van der Waals surface area contributed by atoms with Crippen molar-refractivity contribution in [3.05, 3.63) is 35.5 Å². The second kappa shape index (κ2) is 4.38. The molecule has 0 radical (unpaired) electrons. The van der Waals surface area contributed by atoms with E-state index in [4.69, 9.17) is 16.9 Å². The number of hydrogen-bond acceptors (Lipinski definition) is 2. The molecule has 0 aliphatic rings. The summed E-state index contributed by atoms with van der Waals surface area (Å²) in [4.78, 5) is 14.8. The number of ketones is 1. The lowest BCUT2D eigenvalue weighted by atomic mass is 10.0. The van der Waals surface area contributed by atoms with Crippen molar-refractivity contribution in [3.63, 3.8) is 0 Å². The van der Waals surface area contributed by atoms with E-state index in [0.717, 1.165) is 5.52 Å². The van der Waals surface area contributed by atoms with Crippen LogP contribution in [-0.2, 0) is 0 Å². The van der Waals surface area contributed by atoms with E-state index in [2.05, 4.69) is 11.1 Å². The first kappa shape index (κ1) is 10.7. The first-order valence-corrected chi connectivity index (χ1v) is 5.40. The molecule has 1 aromatic heterocycles. The van der Waals surface area contributed by atoms with Crippen LogP contribution in [0.1, 0.15) is 22.3 Å². The van der Waals surface area contributed by atoms with E-state index >= 15 is 0 Å². The summed E-state index contributed by atoms with van der Waals surface area (Å²) < 4.78 is 0. The second-order valence-electron chi connectivity index (χ2n) is 3.40. The van der Waals surface area contributed by atoms with Crippen LogP contribution in [0.4, 0.5) is 0 Å². The molecule has 0 atom stereocenters. The Balaban J connectivity index is 2.63. The number of nitriles is 1. The van der Waals surface area contributed by atoms with E-state index in [9.17, 15) is 4.79 Å². The topological polar surface area (TPSA) is 56.6 Å². The van der Waals surface area contributed by atoms with Crippen LogP contribution < -0.4 is 0 Å². The summed E-state index contributed by atoms with van der Waals surface area (Å²) in [5, 5.41) is 9.68.